The van der Waals surface area contributed by atoms with Crippen molar-refractivity contribution in [3.8, 4) is 0 Å². The second kappa shape index (κ2) is 3.15. The van der Waals surface area contributed by atoms with E-state index >= 15 is 0 Å². The van der Waals surface area contributed by atoms with Gasteiger partial charge in [-0.3, -0.25) is 4.79 Å². The lowest BCUT2D eigenvalue weighted by atomic mass is 9.93. The van der Waals surface area contributed by atoms with Crippen molar-refractivity contribution in [2.24, 2.45) is 0 Å². The van der Waals surface area contributed by atoms with E-state index in [0.29, 0.717) is 18.4 Å². The maximum Gasteiger partial charge on any atom is 0.155 e. The van der Waals surface area contributed by atoms with Gasteiger partial charge in [-0.2, -0.15) is 0 Å². The van der Waals surface area contributed by atoms with Crippen LogP contribution in [0, 0.1) is 0 Å². The number of aliphatic hydroxyl groups excluding tert-OH is 2. The van der Waals surface area contributed by atoms with Crippen molar-refractivity contribution in [3.63, 3.8) is 0 Å². The van der Waals surface area contributed by atoms with E-state index in [1.165, 1.54) is 13.0 Å². The molecule has 3 heteroatoms. The molecular formula is C8H12O3. The van der Waals surface area contributed by atoms with Gasteiger partial charge >= 0.3 is 0 Å². The molecule has 0 amide bonds. The van der Waals surface area contributed by atoms with E-state index in [9.17, 15) is 4.79 Å². The fraction of sp³-hybridized carbons (Fsp3) is 0.625. The lowest BCUT2D eigenvalue weighted by Crippen LogP contribution is -2.28. The maximum absolute atomic E-state index is 10.8. The zero-order valence-electron chi connectivity index (χ0n) is 6.45. The van der Waals surface area contributed by atoms with Crippen LogP contribution < -0.4 is 0 Å². The molecule has 0 aromatic heterocycles. The van der Waals surface area contributed by atoms with E-state index in [0.717, 1.165) is 0 Å². The van der Waals surface area contributed by atoms with Crippen LogP contribution in [0.15, 0.2) is 11.6 Å². The Bertz CT molecular complexity index is 196. The third-order valence-electron chi connectivity index (χ3n) is 1.93. The Balaban J connectivity index is 2.71. The van der Waals surface area contributed by atoms with Gasteiger partial charge in [-0.1, -0.05) is 0 Å². The highest BCUT2D eigenvalue weighted by Crippen LogP contribution is 2.18. The third-order valence-corrected chi connectivity index (χ3v) is 1.93. The Morgan fingerprint density at radius 2 is 2.27 bits per heavy atom. The molecule has 0 aromatic rings. The summed E-state index contributed by atoms with van der Waals surface area (Å²) in [5.74, 6) is -0.0176. The van der Waals surface area contributed by atoms with Crippen LogP contribution in [0.1, 0.15) is 19.8 Å². The second-order valence-electron chi connectivity index (χ2n) is 2.84. The lowest BCUT2D eigenvalue weighted by molar-refractivity contribution is -0.114. The summed E-state index contributed by atoms with van der Waals surface area (Å²) in [6, 6.07) is 0. The van der Waals surface area contributed by atoms with Crippen molar-refractivity contribution < 1.29 is 15.0 Å². The minimum atomic E-state index is -0.859. The van der Waals surface area contributed by atoms with Crippen molar-refractivity contribution in [3.05, 3.63) is 11.6 Å². The molecule has 0 saturated carbocycles. The number of rotatable bonds is 1. The molecule has 0 saturated heterocycles. The van der Waals surface area contributed by atoms with Crippen molar-refractivity contribution in [2.45, 2.75) is 32.0 Å². The molecule has 2 unspecified atom stereocenters. The van der Waals surface area contributed by atoms with Gasteiger partial charge in [0.15, 0.2) is 5.78 Å². The molecule has 3 nitrogen and oxygen atoms in total. The zero-order chi connectivity index (χ0) is 8.43. The van der Waals surface area contributed by atoms with E-state index in [-0.39, 0.29) is 5.78 Å². The van der Waals surface area contributed by atoms with Crippen molar-refractivity contribution in [2.75, 3.05) is 0 Å². The molecule has 2 atom stereocenters. The molecule has 1 aliphatic carbocycles. The Hall–Kier alpha value is -0.670. The molecular weight excluding hydrogens is 144 g/mol. The fourth-order valence-electron chi connectivity index (χ4n) is 1.17. The normalized spacial score (nSPS) is 31.4. The van der Waals surface area contributed by atoms with Gasteiger partial charge in [0.2, 0.25) is 0 Å². The van der Waals surface area contributed by atoms with E-state index in [1.54, 1.807) is 0 Å². The maximum atomic E-state index is 10.8. The predicted octanol–water partition coefficient (Wildman–Crippen LogP) is 0.0174. The van der Waals surface area contributed by atoms with E-state index in [2.05, 4.69) is 0 Å². The van der Waals surface area contributed by atoms with Crippen LogP contribution in [0.4, 0.5) is 0 Å². The van der Waals surface area contributed by atoms with Gasteiger partial charge in [-0.05, 0) is 31.4 Å². The van der Waals surface area contributed by atoms with Gasteiger partial charge in [0.05, 0.1) is 12.2 Å². The van der Waals surface area contributed by atoms with Crippen molar-refractivity contribution in [1.29, 1.82) is 0 Å². The Morgan fingerprint density at radius 3 is 2.73 bits per heavy atom. The number of ketones is 1. The number of aliphatic hydroxyl groups is 2. The first-order valence-electron chi connectivity index (χ1n) is 3.69. The predicted molar refractivity (Wildman–Crippen MR) is 40.0 cm³/mol. The first-order valence-corrected chi connectivity index (χ1v) is 3.69. The summed E-state index contributed by atoms with van der Waals surface area (Å²) in [5.41, 5.74) is 0.628. The summed E-state index contributed by atoms with van der Waals surface area (Å²) in [7, 11) is 0. The quantitative estimate of drug-likeness (QED) is 0.562. The molecule has 0 fully saturated rings. The molecule has 62 valence electrons. The number of carbonyl (C=O) groups excluding carboxylic acids is 1. The van der Waals surface area contributed by atoms with Gasteiger partial charge < -0.3 is 10.2 Å². The minimum Gasteiger partial charge on any atom is -0.390 e. The van der Waals surface area contributed by atoms with Crippen LogP contribution in [0.2, 0.25) is 0 Å². The third kappa shape index (κ3) is 1.88. The lowest BCUT2D eigenvalue weighted by Gasteiger charge is -2.20. The van der Waals surface area contributed by atoms with Gasteiger partial charge in [0.1, 0.15) is 0 Å². The number of allylic oxidation sites excluding steroid dienone is 1. The summed E-state index contributed by atoms with van der Waals surface area (Å²) in [5, 5.41) is 18.2. The summed E-state index contributed by atoms with van der Waals surface area (Å²) >= 11 is 0. The molecule has 1 rings (SSSR count). The highest BCUT2D eigenvalue weighted by molar-refractivity contribution is 5.93. The van der Waals surface area contributed by atoms with Crippen LogP contribution in [0.3, 0.4) is 0 Å². The monoisotopic (exact) mass is 156 g/mol. The fourth-order valence-corrected chi connectivity index (χ4v) is 1.17. The molecule has 1 aliphatic rings. The largest absolute Gasteiger partial charge is 0.390 e. The van der Waals surface area contributed by atoms with Crippen LogP contribution in [-0.2, 0) is 4.79 Å². The van der Waals surface area contributed by atoms with Gasteiger partial charge in [-0.25, -0.2) is 0 Å². The molecule has 0 aliphatic heterocycles. The first-order chi connectivity index (χ1) is 5.11. The van der Waals surface area contributed by atoms with E-state index in [4.69, 9.17) is 10.2 Å². The number of hydrogen-bond acceptors (Lipinski definition) is 3. The molecule has 0 bridgehead atoms. The van der Waals surface area contributed by atoms with Gasteiger partial charge in [0.25, 0.3) is 0 Å². The van der Waals surface area contributed by atoms with Crippen LogP contribution >= 0.6 is 0 Å². The van der Waals surface area contributed by atoms with Crippen LogP contribution in [0.25, 0.3) is 0 Å². The van der Waals surface area contributed by atoms with Gasteiger partial charge in [-0.15, -0.1) is 0 Å². The second-order valence-corrected chi connectivity index (χ2v) is 2.84. The molecule has 2 N–H and O–H groups in total. The smallest absolute Gasteiger partial charge is 0.155 e. The summed E-state index contributed by atoms with van der Waals surface area (Å²) in [4.78, 5) is 10.8. The van der Waals surface area contributed by atoms with Crippen molar-refractivity contribution >= 4 is 5.78 Å². The number of Topliss-reactive ketones (excluding diaryl/α,β-unsaturated/α-hetero) is 1. The molecule has 0 radical (unpaired) electrons. The molecule has 11 heavy (non-hydrogen) atoms. The zero-order valence-corrected chi connectivity index (χ0v) is 6.45. The number of carbonyl (C=O) groups is 1. The first kappa shape index (κ1) is 8.43. The van der Waals surface area contributed by atoms with Gasteiger partial charge in [0, 0.05) is 0 Å². The van der Waals surface area contributed by atoms with Crippen molar-refractivity contribution in [1.82, 2.24) is 0 Å². The SMILES string of the molecule is CC(=O)C1=CC(O)C(O)CC1. The average molecular weight is 156 g/mol. The van der Waals surface area contributed by atoms with E-state index in [1.807, 2.05) is 0 Å². The molecule has 0 heterocycles. The molecule has 0 aromatic carbocycles. The summed E-state index contributed by atoms with van der Waals surface area (Å²) in [6.07, 6.45) is 0.942. The average Bonchev–Trinajstić information content (AvgIpc) is 1.94. The summed E-state index contributed by atoms with van der Waals surface area (Å²) in [6.45, 7) is 1.47. The van der Waals surface area contributed by atoms with E-state index < -0.39 is 12.2 Å². The standard InChI is InChI=1S/C8H12O3/c1-5(9)6-2-3-7(10)8(11)4-6/h4,7-8,10-11H,2-3H2,1H3. The Labute approximate surface area is 65.3 Å². The summed E-state index contributed by atoms with van der Waals surface area (Å²) < 4.78 is 0. The number of hydrogen-bond donors (Lipinski definition) is 2. The highest BCUT2D eigenvalue weighted by atomic mass is 16.3. The molecule has 0 spiro atoms. The minimum absolute atomic E-state index is 0.0176. The highest BCUT2D eigenvalue weighted by Gasteiger charge is 2.21. The van der Waals surface area contributed by atoms with Crippen LogP contribution in [-0.4, -0.2) is 28.2 Å². The topological polar surface area (TPSA) is 57.5 Å². The Kier molecular flexibility index (Phi) is 2.42. The van der Waals surface area contributed by atoms with Crippen LogP contribution in [0.5, 0.6) is 0 Å². The Morgan fingerprint density at radius 1 is 1.64 bits per heavy atom.